The normalized spacial score (nSPS) is 11.6. The summed E-state index contributed by atoms with van der Waals surface area (Å²) < 4.78 is 23.8. The average Bonchev–Trinajstić information content (AvgIpc) is 2.70. The molecule has 19 heavy (non-hydrogen) atoms. The van der Waals surface area contributed by atoms with Crippen LogP contribution in [0.3, 0.4) is 0 Å². The van der Waals surface area contributed by atoms with Crippen molar-refractivity contribution in [2.75, 3.05) is 18.6 Å². The van der Waals surface area contributed by atoms with Gasteiger partial charge in [0, 0.05) is 25.5 Å². The van der Waals surface area contributed by atoms with Crippen molar-refractivity contribution in [3.63, 3.8) is 0 Å². The summed E-state index contributed by atoms with van der Waals surface area (Å²) in [7, 11) is -3.28. The van der Waals surface area contributed by atoms with E-state index in [0.29, 0.717) is 13.1 Å². The van der Waals surface area contributed by atoms with Crippen LogP contribution in [0.5, 0.6) is 0 Å². The fourth-order valence-corrected chi connectivity index (χ4v) is 2.30. The minimum atomic E-state index is -3.28. The molecule has 0 saturated carbocycles. The first-order valence-electron chi connectivity index (χ1n) is 5.65. The maximum absolute atomic E-state index is 11.3. The number of sulfone groups is 1. The molecule has 8 heteroatoms. The molecule has 7 nitrogen and oxygen atoms in total. The van der Waals surface area contributed by atoms with Crippen molar-refractivity contribution in [3.05, 3.63) is 24.8 Å². The summed E-state index contributed by atoms with van der Waals surface area (Å²) in [5, 5.41) is 2.56. The maximum atomic E-state index is 11.3. The van der Waals surface area contributed by atoms with Crippen molar-refractivity contribution in [2.24, 2.45) is 0 Å². The van der Waals surface area contributed by atoms with E-state index in [1.165, 1.54) is 6.33 Å². The zero-order valence-corrected chi connectivity index (χ0v) is 11.2. The smallest absolute Gasteiger partial charge is 0.235 e. The van der Waals surface area contributed by atoms with E-state index in [9.17, 15) is 13.2 Å². The number of amides is 1. The monoisotopic (exact) mass is 282 g/mol. The molecule has 0 aliphatic carbocycles. The number of nitrogens with one attached hydrogen (secondary N) is 1. The van der Waals surface area contributed by atoms with Gasteiger partial charge in [-0.1, -0.05) is 0 Å². The second-order valence-corrected chi connectivity index (χ2v) is 6.36. The molecule has 0 unspecified atom stereocenters. The molecule has 0 aliphatic heterocycles. The standard InChI is InChI=1S/C11H14N4O3S/c1-19(17,18)7-11(16)13-3-5-15-4-2-9-10(15)6-12-8-14-9/h2,4,6,8H,3,5,7H2,1H3,(H,13,16). The van der Waals surface area contributed by atoms with Crippen LogP contribution in [0.15, 0.2) is 24.8 Å². The molecule has 0 fully saturated rings. The highest BCUT2D eigenvalue weighted by Crippen LogP contribution is 2.10. The van der Waals surface area contributed by atoms with Crippen LogP contribution in [0.25, 0.3) is 11.0 Å². The van der Waals surface area contributed by atoms with Gasteiger partial charge in [0.05, 0.1) is 17.2 Å². The lowest BCUT2D eigenvalue weighted by Gasteiger charge is -2.06. The third-order valence-electron chi connectivity index (χ3n) is 2.51. The van der Waals surface area contributed by atoms with Crippen molar-refractivity contribution >= 4 is 26.8 Å². The number of carbonyl (C=O) groups excluding carboxylic acids is 1. The van der Waals surface area contributed by atoms with Crippen LogP contribution in [-0.2, 0) is 21.2 Å². The Balaban J connectivity index is 1.91. The third kappa shape index (κ3) is 3.75. The number of aromatic nitrogens is 3. The summed E-state index contributed by atoms with van der Waals surface area (Å²) >= 11 is 0. The van der Waals surface area contributed by atoms with E-state index >= 15 is 0 Å². The van der Waals surface area contributed by atoms with Gasteiger partial charge in [0.25, 0.3) is 0 Å². The Morgan fingerprint density at radius 1 is 1.47 bits per heavy atom. The Labute approximate surface area is 110 Å². The number of hydrogen-bond donors (Lipinski definition) is 1. The zero-order valence-electron chi connectivity index (χ0n) is 10.4. The molecule has 2 aromatic rings. The molecule has 0 bridgehead atoms. The van der Waals surface area contributed by atoms with Crippen LogP contribution < -0.4 is 5.32 Å². The molecule has 0 radical (unpaired) electrons. The van der Waals surface area contributed by atoms with Crippen LogP contribution in [0.1, 0.15) is 0 Å². The average molecular weight is 282 g/mol. The molecular weight excluding hydrogens is 268 g/mol. The van der Waals surface area contributed by atoms with Gasteiger partial charge in [-0.15, -0.1) is 0 Å². The Kier molecular flexibility index (Phi) is 3.79. The maximum Gasteiger partial charge on any atom is 0.235 e. The first-order chi connectivity index (χ1) is 8.96. The van der Waals surface area contributed by atoms with Gasteiger partial charge in [-0.3, -0.25) is 4.79 Å². The van der Waals surface area contributed by atoms with E-state index in [4.69, 9.17) is 0 Å². The molecule has 0 aliphatic rings. The number of hydrogen-bond acceptors (Lipinski definition) is 5. The van der Waals surface area contributed by atoms with Crippen LogP contribution in [0.2, 0.25) is 0 Å². The van der Waals surface area contributed by atoms with Gasteiger partial charge >= 0.3 is 0 Å². The second kappa shape index (κ2) is 5.35. The lowest BCUT2D eigenvalue weighted by Crippen LogP contribution is -2.32. The summed E-state index contributed by atoms with van der Waals surface area (Å²) in [4.78, 5) is 19.4. The Bertz CT molecular complexity index is 693. The van der Waals surface area contributed by atoms with Crippen LogP contribution in [0, 0.1) is 0 Å². The van der Waals surface area contributed by atoms with Gasteiger partial charge in [0.1, 0.15) is 12.1 Å². The lowest BCUT2D eigenvalue weighted by molar-refractivity contribution is -0.118. The summed E-state index contributed by atoms with van der Waals surface area (Å²) in [6.45, 7) is 0.888. The van der Waals surface area contributed by atoms with Gasteiger partial charge in [-0.25, -0.2) is 18.4 Å². The summed E-state index contributed by atoms with van der Waals surface area (Å²) in [5.41, 5.74) is 1.71. The summed E-state index contributed by atoms with van der Waals surface area (Å²) in [6.07, 6.45) is 6.05. The molecule has 2 aromatic heterocycles. The van der Waals surface area contributed by atoms with Crippen molar-refractivity contribution < 1.29 is 13.2 Å². The number of nitrogens with zero attached hydrogens (tertiary/aromatic N) is 3. The number of fused-ring (bicyclic) bond motifs is 1. The molecule has 102 valence electrons. The highest BCUT2D eigenvalue weighted by atomic mass is 32.2. The van der Waals surface area contributed by atoms with Gasteiger partial charge in [0.2, 0.25) is 5.91 Å². The van der Waals surface area contributed by atoms with Crippen LogP contribution in [-0.4, -0.2) is 47.4 Å². The first-order valence-corrected chi connectivity index (χ1v) is 7.71. The van der Waals surface area contributed by atoms with Crippen LogP contribution in [0.4, 0.5) is 0 Å². The van der Waals surface area contributed by atoms with Gasteiger partial charge < -0.3 is 9.88 Å². The topological polar surface area (TPSA) is 94.0 Å². The first kappa shape index (κ1) is 13.5. The van der Waals surface area contributed by atoms with Crippen molar-refractivity contribution in [1.82, 2.24) is 19.9 Å². The quantitative estimate of drug-likeness (QED) is 0.804. The highest BCUT2D eigenvalue weighted by Gasteiger charge is 2.10. The van der Waals surface area contributed by atoms with Gasteiger partial charge in [-0.05, 0) is 6.07 Å². The predicted octanol–water partition coefficient (Wildman–Crippen LogP) is -0.408. The second-order valence-electron chi connectivity index (χ2n) is 4.22. The van der Waals surface area contributed by atoms with Crippen molar-refractivity contribution in [3.8, 4) is 0 Å². The Hall–Kier alpha value is -1.96. The van der Waals surface area contributed by atoms with E-state index in [1.54, 1.807) is 6.20 Å². The predicted molar refractivity (Wildman–Crippen MR) is 70.2 cm³/mol. The van der Waals surface area contributed by atoms with Gasteiger partial charge in [-0.2, -0.15) is 0 Å². The third-order valence-corrected chi connectivity index (χ3v) is 3.30. The molecule has 1 N–H and O–H groups in total. The molecule has 2 heterocycles. The molecular formula is C11H14N4O3S. The molecule has 0 saturated heterocycles. The number of carbonyl (C=O) groups is 1. The van der Waals surface area contributed by atoms with Gasteiger partial charge in [0.15, 0.2) is 9.84 Å². The minimum absolute atomic E-state index is 0.354. The lowest BCUT2D eigenvalue weighted by atomic mass is 10.4. The van der Waals surface area contributed by atoms with E-state index in [1.807, 2.05) is 16.8 Å². The molecule has 0 aromatic carbocycles. The Morgan fingerprint density at radius 2 is 2.26 bits per heavy atom. The summed E-state index contributed by atoms with van der Waals surface area (Å²) in [5.74, 6) is -0.974. The Morgan fingerprint density at radius 3 is 3.00 bits per heavy atom. The van der Waals surface area contributed by atoms with E-state index in [-0.39, 0.29) is 0 Å². The van der Waals surface area contributed by atoms with Crippen LogP contribution >= 0.6 is 0 Å². The fraction of sp³-hybridized carbons (Fsp3) is 0.364. The van der Waals surface area contributed by atoms with E-state index in [0.717, 1.165) is 17.3 Å². The largest absolute Gasteiger partial charge is 0.353 e. The number of rotatable bonds is 5. The summed E-state index contributed by atoms with van der Waals surface area (Å²) in [6, 6.07) is 1.86. The molecule has 0 spiro atoms. The zero-order chi connectivity index (χ0) is 13.9. The fourth-order valence-electron chi connectivity index (χ4n) is 1.72. The molecule has 2 rings (SSSR count). The highest BCUT2D eigenvalue weighted by molar-refractivity contribution is 7.91. The van der Waals surface area contributed by atoms with E-state index < -0.39 is 21.5 Å². The molecule has 0 atom stereocenters. The SMILES string of the molecule is CS(=O)(=O)CC(=O)NCCn1ccc2ncncc21. The van der Waals surface area contributed by atoms with Crippen molar-refractivity contribution in [1.29, 1.82) is 0 Å². The minimum Gasteiger partial charge on any atom is -0.353 e. The molecule has 1 amide bonds. The van der Waals surface area contributed by atoms with Crippen molar-refractivity contribution in [2.45, 2.75) is 6.54 Å². The van der Waals surface area contributed by atoms with E-state index in [2.05, 4.69) is 15.3 Å².